The Morgan fingerprint density at radius 2 is 1.51 bits per heavy atom. The van der Waals surface area contributed by atoms with E-state index in [4.69, 9.17) is 9.72 Å². The van der Waals surface area contributed by atoms with Crippen LogP contribution in [0.2, 0.25) is 0 Å². The molecule has 3 fully saturated rings. The summed E-state index contributed by atoms with van der Waals surface area (Å²) in [7, 11) is 0. The third-order valence-corrected chi connectivity index (χ3v) is 10.9. The van der Waals surface area contributed by atoms with Crippen LogP contribution in [-0.2, 0) is 14.3 Å². The lowest BCUT2D eigenvalue weighted by molar-refractivity contribution is -0.124. The number of ether oxygens (including phenoxy) is 1. The standard InChI is InChI=1S/C36H26Br2N2O5/c1-17-12-21(38)13-27-28(36(44)45-16-30(41)19-2-6-20(37)7-3-19)15-29(39-33(17)27)18-4-8-22(9-5-18)40-34(42)31-23-10-11-24(26-14-25(23)26)32(31)35(40)43/h2-13,15,23-26,31-32H,14,16H2,1H3. The summed E-state index contributed by atoms with van der Waals surface area (Å²) in [6.07, 6.45) is 5.46. The number of pyridine rings is 1. The van der Waals surface area contributed by atoms with Crippen molar-refractivity contribution in [2.75, 3.05) is 11.5 Å². The number of Topliss-reactive ketones (excluding diaryl/α,β-unsaturated/α-hetero) is 1. The quantitative estimate of drug-likeness (QED) is 0.0895. The summed E-state index contributed by atoms with van der Waals surface area (Å²) in [5.41, 5.74) is 3.99. The number of allylic oxidation sites excluding steroid dienone is 2. The Balaban J connectivity index is 1.09. The molecule has 0 spiro atoms. The molecule has 9 rings (SSSR count). The molecule has 2 bridgehead atoms. The number of imide groups is 1. The second-order valence-corrected chi connectivity index (χ2v) is 14.2. The second kappa shape index (κ2) is 10.6. The summed E-state index contributed by atoms with van der Waals surface area (Å²) < 4.78 is 7.14. The summed E-state index contributed by atoms with van der Waals surface area (Å²) in [6.45, 7) is 1.51. The summed E-state index contributed by atoms with van der Waals surface area (Å²) in [4.78, 5) is 59.6. The Kier molecular flexibility index (Phi) is 6.69. The van der Waals surface area contributed by atoms with Crippen LogP contribution in [0.5, 0.6) is 0 Å². The number of ketones is 1. The SMILES string of the molecule is Cc1cc(Br)cc2c(C(=O)OCC(=O)c3ccc(Br)cc3)cc(-c3ccc(N4C(=O)C5C6C=CC(C7CC67)C5C4=O)cc3)nc12. The summed E-state index contributed by atoms with van der Waals surface area (Å²) in [6, 6.07) is 19.4. The number of amides is 2. The summed E-state index contributed by atoms with van der Waals surface area (Å²) >= 11 is 6.87. The third kappa shape index (κ3) is 4.62. The molecule has 4 aromatic rings. The minimum atomic E-state index is -0.639. The Bertz CT molecular complexity index is 1950. The van der Waals surface area contributed by atoms with Gasteiger partial charge in [-0.3, -0.25) is 19.3 Å². The molecule has 0 N–H and O–H groups in total. The van der Waals surface area contributed by atoms with Crippen LogP contribution in [0, 0.1) is 42.4 Å². The van der Waals surface area contributed by atoms with Gasteiger partial charge in [-0.1, -0.05) is 68.3 Å². The lowest BCUT2D eigenvalue weighted by Gasteiger charge is -2.37. The zero-order valence-electron chi connectivity index (χ0n) is 24.1. The van der Waals surface area contributed by atoms with Gasteiger partial charge in [-0.2, -0.15) is 0 Å². The Morgan fingerprint density at radius 1 is 0.867 bits per heavy atom. The number of halogens is 2. The van der Waals surface area contributed by atoms with Crippen molar-refractivity contribution in [2.24, 2.45) is 35.5 Å². The number of aromatic nitrogens is 1. The van der Waals surface area contributed by atoms with E-state index in [1.54, 1.807) is 42.5 Å². The van der Waals surface area contributed by atoms with Crippen LogP contribution in [-0.4, -0.2) is 35.2 Å². The Hall–Kier alpha value is -3.95. The van der Waals surface area contributed by atoms with Crippen LogP contribution in [0.25, 0.3) is 22.2 Å². The number of anilines is 1. The van der Waals surface area contributed by atoms with E-state index in [-0.39, 0.29) is 46.8 Å². The molecule has 5 aliphatic rings. The molecule has 1 saturated heterocycles. The van der Waals surface area contributed by atoms with Crippen molar-refractivity contribution < 1.29 is 23.9 Å². The van der Waals surface area contributed by atoms with Gasteiger partial charge in [0.25, 0.3) is 0 Å². The maximum atomic E-state index is 13.6. The topological polar surface area (TPSA) is 93.6 Å². The summed E-state index contributed by atoms with van der Waals surface area (Å²) in [5.74, 6) is -0.251. The second-order valence-electron chi connectivity index (χ2n) is 12.4. The fourth-order valence-corrected chi connectivity index (χ4v) is 8.53. The molecule has 6 atom stereocenters. The van der Waals surface area contributed by atoms with E-state index in [9.17, 15) is 19.2 Å². The molecule has 9 heteroatoms. The molecule has 6 unspecified atom stereocenters. The number of hydrogen-bond acceptors (Lipinski definition) is 6. The van der Waals surface area contributed by atoms with Crippen molar-refractivity contribution in [1.29, 1.82) is 0 Å². The number of carbonyl (C=O) groups is 4. The van der Waals surface area contributed by atoms with Gasteiger partial charge < -0.3 is 4.74 Å². The van der Waals surface area contributed by atoms with Crippen molar-refractivity contribution in [1.82, 2.24) is 4.98 Å². The lowest BCUT2D eigenvalue weighted by Crippen LogP contribution is -2.40. The average Bonchev–Trinajstić information content (AvgIpc) is 3.82. The molecule has 224 valence electrons. The number of benzene rings is 3. The number of nitrogens with zero attached hydrogens (tertiary/aromatic N) is 2. The molecule has 45 heavy (non-hydrogen) atoms. The van der Waals surface area contributed by atoms with Gasteiger partial charge in [0.2, 0.25) is 11.8 Å². The van der Waals surface area contributed by atoms with Gasteiger partial charge in [-0.25, -0.2) is 9.78 Å². The monoisotopic (exact) mass is 724 g/mol. The van der Waals surface area contributed by atoms with Crippen LogP contribution in [0.15, 0.2) is 87.8 Å². The minimum Gasteiger partial charge on any atom is -0.454 e. The van der Waals surface area contributed by atoms with E-state index in [0.29, 0.717) is 45.2 Å². The largest absolute Gasteiger partial charge is 0.454 e. The van der Waals surface area contributed by atoms with E-state index >= 15 is 0 Å². The molecule has 1 aromatic heterocycles. The smallest absolute Gasteiger partial charge is 0.339 e. The van der Waals surface area contributed by atoms with Gasteiger partial charge in [0.05, 0.1) is 34.3 Å². The average molecular weight is 726 g/mol. The predicted molar refractivity (Wildman–Crippen MR) is 176 cm³/mol. The van der Waals surface area contributed by atoms with Gasteiger partial charge in [-0.15, -0.1) is 0 Å². The summed E-state index contributed by atoms with van der Waals surface area (Å²) in [5, 5.41) is 0.598. The first kappa shape index (κ1) is 28.5. The van der Waals surface area contributed by atoms with Crippen LogP contribution >= 0.6 is 31.9 Å². The number of carbonyl (C=O) groups excluding carboxylic acids is 4. The van der Waals surface area contributed by atoms with Crippen LogP contribution in [0.3, 0.4) is 0 Å². The molecule has 2 heterocycles. The molecule has 4 aliphatic carbocycles. The molecule has 0 radical (unpaired) electrons. The van der Waals surface area contributed by atoms with Crippen LogP contribution < -0.4 is 4.90 Å². The highest BCUT2D eigenvalue weighted by atomic mass is 79.9. The normalized spacial score (nSPS) is 25.8. The van der Waals surface area contributed by atoms with Gasteiger partial charge in [-0.05, 0) is 85.0 Å². The molecule has 1 aliphatic heterocycles. The highest BCUT2D eigenvalue weighted by Crippen LogP contribution is 2.65. The van der Waals surface area contributed by atoms with E-state index in [2.05, 4.69) is 44.0 Å². The molecular formula is C36H26Br2N2O5. The number of esters is 1. The molecule has 7 nitrogen and oxygen atoms in total. The van der Waals surface area contributed by atoms with Crippen LogP contribution in [0.4, 0.5) is 5.69 Å². The predicted octanol–water partition coefficient (Wildman–Crippen LogP) is 7.33. The zero-order valence-corrected chi connectivity index (χ0v) is 27.2. The van der Waals surface area contributed by atoms with Gasteiger partial charge in [0, 0.05) is 25.5 Å². The number of aryl methyl sites for hydroxylation is 1. The van der Waals surface area contributed by atoms with Crippen molar-refractivity contribution in [3.63, 3.8) is 0 Å². The van der Waals surface area contributed by atoms with E-state index in [1.165, 1.54) is 4.90 Å². The fourth-order valence-electron chi connectivity index (χ4n) is 7.69. The maximum absolute atomic E-state index is 13.6. The molecular weight excluding hydrogens is 700 g/mol. The zero-order chi connectivity index (χ0) is 31.1. The molecule has 2 saturated carbocycles. The maximum Gasteiger partial charge on any atom is 0.339 e. The first-order chi connectivity index (χ1) is 21.7. The van der Waals surface area contributed by atoms with Gasteiger partial charge >= 0.3 is 5.97 Å². The van der Waals surface area contributed by atoms with Crippen molar-refractivity contribution >= 4 is 72.0 Å². The Morgan fingerprint density at radius 3 is 2.16 bits per heavy atom. The number of fused-ring (bicyclic) bond motifs is 1. The van der Waals surface area contributed by atoms with Gasteiger partial charge in [0.15, 0.2) is 12.4 Å². The highest BCUT2D eigenvalue weighted by molar-refractivity contribution is 9.10. The van der Waals surface area contributed by atoms with Gasteiger partial charge in [0.1, 0.15) is 0 Å². The number of rotatable bonds is 6. The number of hydrogen-bond donors (Lipinski definition) is 0. The Labute approximate surface area is 275 Å². The molecule has 3 aromatic carbocycles. The van der Waals surface area contributed by atoms with E-state index < -0.39 is 12.6 Å². The van der Waals surface area contributed by atoms with E-state index in [0.717, 1.165) is 20.9 Å². The van der Waals surface area contributed by atoms with Crippen LogP contribution in [0.1, 0.15) is 32.7 Å². The minimum absolute atomic E-state index is 0.102. The first-order valence-corrected chi connectivity index (χ1v) is 16.5. The lowest BCUT2D eigenvalue weighted by atomic mass is 9.63. The molecule has 2 amide bonds. The van der Waals surface area contributed by atoms with E-state index in [1.807, 2.05) is 31.2 Å². The highest BCUT2D eigenvalue weighted by Gasteiger charge is 2.67. The fraction of sp³-hybridized carbons (Fsp3) is 0.250. The van der Waals surface area contributed by atoms with Crippen molar-refractivity contribution in [3.05, 3.63) is 105 Å². The first-order valence-electron chi connectivity index (χ1n) is 14.9. The third-order valence-electron chi connectivity index (χ3n) is 9.87. The van der Waals surface area contributed by atoms with Crippen molar-refractivity contribution in [2.45, 2.75) is 13.3 Å². The van der Waals surface area contributed by atoms with Crippen molar-refractivity contribution in [3.8, 4) is 11.3 Å².